The van der Waals surface area contributed by atoms with Gasteiger partial charge >= 0.3 is 0 Å². The molecule has 1 aromatic carbocycles. The second kappa shape index (κ2) is 7.61. The monoisotopic (exact) mass is 323 g/mol. The second-order valence-corrected chi connectivity index (χ2v) is 6.07. The van der Waals surface area contributed by atoms with E-state index in [0.29, 0.717) is 22.8 Å². The third kappa shape index (κ3) is 3.99. The highest BCUT2D eigenvalue weighted by Gasteiger charge is 2.23. The molecule has 0 radical (unpaired) electrons. The molecule has 1 fully saturated rings. The average Bonchev–Trinajstić information content (AvgIpc) is 3.02. The second-order valence-electron chi connectivity index (χ2n) is 5.64. The van der Waals surface area contributed by atoms with E-state index in [1.54, 1.807) is 30.1 Å². The fourth-order valence-corrected chi connectivity index (χ4v) is 2.72. The molecule has 0 saturated carbocycles. The molecule has 1 unspecified atom stereocenters. The maximum Gasteiger partial charge on any atom is 0.256 e. The van der Waals surface area contributed by atoms with E-state index in [4.69, 9.17) is 11.6 Å². The molecule has 22 heavy (non-hydrogen) atoms. The van der Waals surface area contributed by atoms with E-state index in [9.17, 15) is 9.59 Å². The van der Waals surface area contributed by atoms with E-state index >= 15 is 0 Å². The number of anilines is 1. The summed E-state index contributed by atoms with van der Waals surface area (Å²) in [5, 5.41) is 6.30. The van der Waals surface area contributed by atoms with E-state index in [1.165, 1.54) is 0 Å². The SMILES string of the molecule is CNCC(C)C(=O)Nc1ccc(Cl)cc1C(=O)N1CCCC1. The number of hydrogen-bond acceptors (Lipinski definition) is 3. The van der Waals surface area contributed by atoms with Gasteiger partial charge in [-0.05, 0) is 38.1 Å². The maximum absolute atomic E-state index is 12.6. The maximum atomic E-state index is 12.6. The molecule has 5 nitrogen and oxygen atoms in total. The smallest absolute Gasteiger partial charge is 0.256 e. The lowest BCUT2D eigenvalue weighted by molar-refractivity contribution is -0.119. The quantitative estimate of drug-likeness (QED) is 0.874. The number of hydrogen-bond donors (Lipinski definition) is 2. The molecule has 1 aromatic rings. The summed E-state index contributed by atoms with van der Waals surface area (Å²) in [6, 6.07) is 5.00. The van der Waals surface area contributed by atoms with Gasteiger partial charge in [-0.15, -0.1) is 0 Å². The first-order chi connectivity index (χ1) is 10.5. The Bertz CT molecular complexity index is 556. The van der Waals surface area contributed by atoms with E-state index in [-0.39, 0.29) is 17.7 Å². The van der Waals surface area contributed by atoms with Crippen LogP contribution in [0.2, 0.25) is 5.02 Å². The van der Waals surface area contributed by atoms with Gasteiger partial charge in [-0.3, -0.25) is 9.59 Å². The zero-order valence-corrected chi connectivity index (χ0v) is 13.7. The van der Waals surface area contributed by atoms with Gasteiger partial charge in [0.25, 0.3) is 5.91 Å². The highest BCUT2D eigenvalue weighted by molar-refractivity contribution is 6.31. The molecule has 1 saturated heterocycles. The lowest BCUT2D eigenvalue weighted by Gasteiger charge is -2.19. The lowest BCUT2D eigenvalue weighted by atomic mass is 10.1. The van der Waals surface area contributed by atoms with Gasteiger partial charge in [0.05, 0.1) is 11.3 Å². The Balaban J connectivity index is 2.20. The van der Waals surface area contributed by atoms with Crippen molar-refractivity contribution in [1.82, 2.24) is 10.2 Å². The predicted octanol–water partition coefficient (Wildman–Crippen LogP) is 2.37. The Kier molecular flexibility index (Phi) is 5.80. The summed E-state index contributed by atoms with van der Waals surface area (Å²) in [6.45, 7) is 3.93. The van der Waals surface area contributed by atoms with Crippen molar-refractivity contribution in [2.24, 2.45) is 5.92 Å². The first kappa shape index (κ1) is 16.8. The third-order valence-electron chi connectivity index (χ3n) is 3.82. The summed E-state index contributed by atoms with van der Waals surface area (Å²) < 4.78 is 0. The highest BCUT2D eigenvalue weighted by atomic mass is 35.5. The highest BCUT2D eigenvalue weighted by Crippen LogP contribution is 2.24. The van der Waals surface area contributed by atoms with Crippen molar-refractivity contribution in [3.05, 3.63) is 28.8 Å². The lowest BCUT2D eigenvalue weighted by Crippen LogP contribution is -2.31. The molecule has 120 valence electrons. The van der Waals surface area contributed by atoms with Crippen molar-refractivity contribution in [3.8, 4) is 0 Å². The van der Waals surface area contributed by atoms with Crippen molar-refractivity contribution in [2.75, 3.05) is 32.0 Å². The Hall–Kier alpha value is -1.59. The number of carbonyl (C=O) groups excluding carboxylic acids is 2. The summed E-state index contributed by atoms with van der Waals surface area (Å²) in [7, 11) is 1.80. The summed E-state index contributed by atoms with van der Waals surface area (Å²) in [5.74, 6) is -0.376. The number of carbonyl (C=O) groups is 2. The predicted molar refractivity (Wildman–Crippen MR) is 88.3 cm³/mol. The van der Waals surface area contributed by atoms with Crippen LogP contribution in [0.3, 0.4) is 0 Å². The summed E-state index contributed by atoms with van der Waals surface area (Å²) in [5.41, 5.74) is 0.980. The molecular formula is C16H22ClN3O2. The Morgan fingerprint density at radius 3 is 2.64 bits per heavy atom. The van der Waals surface area contributed by atoms with Crippen LogP contribution in [0.15, 0.2) is 18.2 Å². The number of benzene rings is 1. The number of halogens is 1. The third-order valence-corrected chi connectivity index (χ3v) is 4.06. The zero-order valence-electron chi connectivity index (χ0n) is 13.0. The van der Waals surface area contributed by atoms with Crippen molar-refractivity contribution >= 4 is 29.1 Å². The molecule has 2 N–H and O–H groups in total. The molecule has 1 aliphatic rings. The van der Waals surface area contributed by atoms with E-state index in [0.717, 1.165) is 25.9 Å². The van der Waals surface area contributed by atoms with Gasteiger partial charge in [-0.1, -0.05) is 18.5 Å². The number of likely N-dealkylation sites (tertiary alicyclic amines) is 1. The molecule has 0 bridgehead atoms. The normalized spacial score (nSPS) is 15.7. The minimum Gasteiger partial charge on any atom is -0.339 e. The molecule has 0 aromatic heterocycles. The molecule has 6 heteroatoms. The molecule has 0 spiro atoms. The average molecular weight is 324 g/mol. The molecule has 2 amide bonds. The van der Waals surface area contributed by atoms with Crippen LogP contribution in [0, 0.1) is 5.92 Å². The van der Waals surface area contributed by atoms with Gasteiger partial charge in [0.1, 0.15) is 0 Å². The standard InChI is InChI=1S/C16H22ClN3O2/c1-11(10-18-2)15(21)19-14-6-5-12(17)9-13(14)16(22)20-7-3-4-8-20/h5-6,9,11,18H,3-4,7-8,10H2,1-2H3,(H,19,21). The molecule has 1 atom stereocenters. The number of rotatable bonds is 5. The minimum absolute atomic E-state index is 0.0726. The number of nitrogens with zero attached hydrogens (tertiary/aromatic N) is 1. The largest absolute Gasteiger partial charge is 0.339 e. The number of amides is 2. The molecular weight excluding hydrogens is 302 g/mol. The van der Waals surface area contributed by atoms with Gasteiger partial charge in [0.2, 0.25) is 5.91 Å². The van der Waals surface area contributed by atoms with Crippen LogP contribution in [0.25, 0.3) is 0 Å². The Morgan fingerprint density at radius 1 is 1.32 bits per heavy atom. The van der Waals surface area contributed by atoms with Crippen LogP contribution in [0.4, 0.5) is 5.69 Å². The van der Waals surface area contributed by atoms with Gasteiger partial charge in [-0.2, -0.15) is 0 Å². The molecule has 2 rings (SSSR count). The fourth-order valence-electron chi connectivity index (χ4n) is 2.55. The molecule has 1 heterocycles. The summed E-state index contributed by atoms with van der Waals surface area (Å²) >= 11 is 6.02. The van der Waals surface area contributed by atoms with Crippen molar-refractivity contribution < 1.29 is 9.59 Å². The van der Waals surface area contributed by atoms with Gasteiger partial charge in [-0.25, -0.2) is 0 Å². The first-order valence-corrected chi connectivity index (χ1v) is 7.95. The van der Waals surface area contributed by atoms with Crippen LogP contribution in [0.1, 0.15) is 30.1 Å². The molecule has 1 aliphatic heterocycles. The van der Waals surface area contributed by atoms with Gasteiger partial charge in [0.15, 0.2) is 0 Å². The number of nitrogens with one attached hydrogen (secondary N) is 2. The van der Waals surface area contributed by atoms with E-state index < -0.39 is 0 Å². The fraction of sp³-hybridized carbons (Fsp3) is 0.500. The zero-order chi connectivity index (χ0) is 16.1. The minimum atomic E-state index is -0.185. The van der Waals surface area contributed by atoms with E-state index in [2.05, 4.69) is 10.6 Å². The topological polar surface area (TPSA) is 61.4 Å². The van der Waals surface area contributed by atoms with Crippen LogP contribution in [-0.2, 0) is 4.79 Å². The van der Waals surface area contributed by atoms with Crippen molar-refractivity contribution in [2.45, 2.75) is 19.8 Å². The Labute approximate surface area is 136 Å². The van der Waals surface area contributed by atoms with Crippen molar-refractivity contribution in [3.63, 3.8) is 0 Å². The summed E-state index contributed by atoms with van der Waals surface area (Å²) in [6.07, 6.45) is 2.04. The Morgan fingerprint density at radius 2 is 2.00 bits per heavy atom. The van der Waals surface area contributed by atoms with Crippen LogP contribution in [-0.4, -0.2) is 43.4 Å². The van der Waals surface area contributed by atoms with E-state index in [1.807, 2.05) is 6.92 Å². The van der Waals surface area contributed by atoms with Crippen LogP contribution in [0.5, 0.6) is 0 Å². The summed E-state index contributed by atoms with van der Waals surface area (Å²) in [4.78, 5) is 26.6. The first-order valence-electron chi connectivity index (χ1n) is 7.57. The van der Waals surface area contributed by atoms with Crippen LogP contribution >= 0.6 is 11.6 Å². The van der Waals surface area contributed by atoms with Crippen LogP contribution < -0.4 is 10.6 Å². The van der Waals surface area contributed by atoms with Gasteiger partial charge in [0, 0.05) is 30.6 Å². The van der Waals surface area contributed by atoms with Crippen molar-refractivity contribution in [1.29, 1.82) is 0 Å². The van der Waals surface area contributed by atoms with Gasteiger partial charge < -0.3 is 15.5 Å². The molecule has 0 aliphatic carbocycles.